The minimum absolute atomic E-state index is 0.348. The summed E-state index contributed by atoms with van der Waals surface area (Å²) in [7, 11) is -3.13. The number of nitrogens with one attached hydrogen (secondary N) is 1. The third kappa shape index (κ3) is 4.08. The van der Waals surface area contributed by atoms with Gasteiger partial charge in [-0.25, -0.2) is 8.42 Å². The quantitative estimate of drug-likeness (QED) is 0.803. The number of nitrogen functional groups attached to an aromatic ring is 1. The van der Waals surface area contributed by atoms with E-state index in [0.717, 1.165) is 24.2 Å². The zero-order valence-electron chi connectivity index (χ0n) is 13.0. The second kappa shape index (κ2) is 6.94. The number of benzene rings is 2. The largest absolute Gasteiger partial charge is 0.398 e. The van der Waals surface area contributed by atoms with E-state index in [4.69, 9.17) is 5.73 Å². The summed E-state index contributed by atoms with van der Waals surface area (Å²) in [5, 5.41) is 3.37. The van der Waals surface area contributed by atoms with Crippen LogP contribution in [0.2, 0.25) is 0 Å². The third-order valence-electron chi connectivity index (χ3n) is 3.66. The van der Waals surface area contributed by atoms with Crippen molar-refractivity contribution in [3.8, 4) is 0 Å². The predicted molar refractivity (Wildman–Crippen MR) is 90.3 cm³/mol. The molecule has 0 bridgehead atoms. The molecule has 3 N–H and O–H groups in total. The number of hydrogen-bond acceptors (Lipinski definition) is 4. The number of anilines is 1. The highest BCUT2D eigenvalue weighted by Crippen LogP contribution is 2.17. The first-order valence-electron chi connectivity index (χ1n) is 7.27. The zero-order chi connectivity index (χ0) is 16.2. The van der Waals surface area contributed by atoms with E-state index in [2.05, 4.69) is 18.3 Å². The van der Waals surface area contributed by atoms with Gasteiger partial charge in [0, 0.05) is 25.0 Å². The van der Waals surface area contributed by atoms with Crippen molar-refractivity contribution in [3.63, 3.8) is 0 Å². The molecule has 0 amide bonds. The third-order valence-corrected chi connectivity index (χ3v) is 4.79. The average molecular weight is 318 g/mol. The van der Waals surface area contributed by atoms with Crippen molar-refractivity contribution in [2.45, 2.75) is 31.3 Å². The lowest BCUT2D eigenvalue weighted by molar-refractivity contribution is 0.602. The summed E-state index contributed by atoms with van der Waals surface area (Å²) in [6.45, 7) is 3.52. The molecule has 0 aromatic heterocycles. The second-order valence-corrected chi connectivity index (χ2v) is 7.37. The molecule has 0 radical (unpaired) electrons. The van der Waals surface area contributed by atoms with Crippen LogP contribution in [-0.2, 0) is 29.3 Å². The van der Waals surface area contributed by atoms with E-state index in [-0.39, 0.29) is 0 Å². The van der Waals surface area contributed by atoms with Gasteiger partial charge in [0.1, 0.15) is 0 Å². The van der Waals surface area contributed by atoms with Gasteiger partial charge in [0.05, 0.1) is 4.90 Å². The van der Waals surface area contributed by atoms with E-state index in [1.807, 2.05) is 24.3 Å². The summed E-state index contributed by atoms with van der Waals surface area (Å²) in [6.07, 6.45) is 2.12. The minimum Gasteiger partial charge on any atom is -0.398 e. The van der Waals surface area contributed by atoms with Gasteiger partial charge in [-0.3, -0.25) is 0 Å². The lowest BCUT2D eigenvalue weighted by Crippen LogP contribution is -2.14. The lowest BCUT2D eigenvalue weighted by Gasteiger charge is -2.12. The Labute approximate surface area is 132 Å². The molecule has 22 heavy (non-hydrogen) atoms. The Kier molecular flexibility index (Phi) is 5.21. The predicted octanol–water partition coefficient (Wildman–Crippen LogP) is 2.52. The molecule has 2 aromatic carbocycles. The molecule has 5 heteroatoms. The van der Waals surface area contributed by atoms with Gasteiger partial charge in [-0.05, 0) is 41.3 Å². The van der Waals surface area contributed by atoms with Gasteiger partial charge in [-0.2, -0.15) is 0 Å². The molecular formula is C17H22N2O2S. The molecule has 0 heterocycles. The highest BCUT2D eigenvalue weighted by Gasteiger charge is 2.06. The maximum absolute atomic E-state index is 11.4. The number of sulfone groups is 1. The fourth-order valence-corrected chi connectivity index (χ4v) is 3.08. The van der Waals surface area contributed by atoms with E-state index in [0.29, 0.717) is 11.4 Å². The van der Waals surface area contributed by atoms with Crippen LogP contribution in [-0.4, -0.2) is 14.7 Å². The van der Waals surface area contributed by atoms with Crippen LogP contribution in [0.4, 0.5) is 5.69 Å². The standard InChI is InChI=1S/C17H22N2O2S/c1-3-16-14(5-4-6-17(16)18)12-19-11-13-7-9-15(10-8-13)22(2,20)21/h4-10,19H,3,11-12,18H2,1-2H3. The van der Waals surface area contributed by atoms with Gasteiger partial charge in [0.2, 0.25) is 0 Å². The van der Waals surface area contributed by atoms with E-state index in [1.54, 1.807) is 12.1 Å². The molecule has 0 saturated carbocycles. The molecule has 0 atom stereocenters. The Hall–Kier alpha value is -1.85. The fourth-order valence-electron chi connectivity index (χ4n) is 2.45. The fraction of sp³-hybridized carbons (Fsp3) is 0.294. The first kappa shape index (κ1) is 16.5. The van der Waals surface area contributed by atoms with Crippen LogP contribution in [0.15, 0.2) is 47.4 Å². The van der Waals surface area contributed by atoms with Gasteiger partial charge < -0.3 is 11.1 Å². The van der Waals surface area contributed by atoms with Crippen molar-refractivity contribution in [3.05, 3.63) is 59.2 Å². The maximum Gasteiger partial charge on any atom is 0.175 e. The maximum atomic E-state index is 11.4. The van der Waals surface area contributed by atoms with Crippen molar-refractivity contribution in [2.75, 3.05) is 12.0 Å². The van der Waals surface area contributed by atoms with Crippen LogP contribution in [0.1, 0.15) is 23.6 Å². The molecule has 2 rings (SSSR count). The molecule has 4 nitrogen and oxygen atoms in total. The van der Waals surface area contributed by atoms with Crippen molar-refractivity contribution in [1.29, 1.82) is 0 Å². The first-order valence-corrected chi connectivity index (χ1v) is 9.17. The number of rotatable bonds is 6. The summed E-state index contributed by atoms with van der Waals surface area (Å²) < 4.78 is 22.8. The summed E-state index contributed by atoms with van der Waals surface area (Å²) in [5.41, 5.74) is 10.3. The number of hydrogen-bond donors (Lipinski definition) is 2. The van der Waals surface area contributed by atoms with E-state index in [9.17, 15) is 8.42 Å². The van der Waals surface area contributed by atoms with Gasteiger partial charge >= 0.3 is 0 Å². The van der Waals surface area contributed by atoms with Gasteiger partial charge in [0.25, 0.3) is 0 Å². The zero-order valence-corrected chi connectivity index (χ0v) is 13.8. The molecule has 0 fully saturated rings. The van der Waals surface area contributed by atoms with E-state index < -0.39 is 9.84 Å². The molecule has 0 aliphatic rings. The van der Waals surface area contributed by atoms with Crippen molar-refractivity contribution >= 4 is 15.5 Å². The monoisotopic (exact) mass is 318 g/mol. The summed E-state index contributed by atoms with van der Waals surface area (Å²) in [6, 6.07) is 12.9. The molecular weight excluding hydrogens is 296 g/mol. The topological polar surface area (TPSA) is 72.2 Å². The number of nitrogens with two attached hydrogens (primary N) is 1. The van der Waals surface area contributed by atoms with Gasteiger partial charge in [-0.15, -0.1) is 0 Å². The second-order valence-electron chi connectivity index (χ2n) is 5.36. The Balaban J connectivity index is 1.98. The highest BCUT2D eigenvalue weighted by atomic mass is 32.2. The molecule has 2 aromatic rings. The van der Waals surface area contributed by atoms with Crippen molar-refractivity contribution < 1.29 is 8.42 Å². The van der Waals surface area contributed by atoms with Crippen LogP contribution in [0.25, 0.3) is 0 Å². The van der Waals surface area contributed by atoms with Crippen LogP contribution >= 0.6 is 0 Å². The lowest BCUT2D eigenvalue weighted by atomic mass is 10.0. The normalized spacial score (nSPS) is 11.5. The van der Waals surface area contributed by atoms with Gasteiger partial charge in [-0.1, -0.05) is 31.2 Å². The van der Waals surface area contributed by atoms with Gasteiger partial charge in [0.15, 0.2) is 9.84 Å². The average Bonchev–Trinajstić information content (AvgIpc) is 2.47. The molecule has 0 aliphatic carbocycles. The molecule has 0 unspecified atom stereocenters. The van der Waals surface area contributed by atoms with Crippen LogP contribution in [0.3, 0.4) is 0 Å². The molecule has 0 aliphatic heterocycles. The van der Waals surface area contributed by atoms with Crippen LogP contribution < -0.4 is 11.1 Å². The summed E-state index contributed by atoms with van der Waals surface area (Å²) in [4.78, 5) is 0.348. The highest BCUT2D eigenvalue weighted by molar-refractivity contribution is 7.90. The molecule has 118 valence electrons. The van der Waals surface area contributed by atoms with Crippen molar-refractivity contribution in [2.24, 2.45) is 0 Å². The van der Waals surface area contributed by atoms with E-state index in [1.165, 1.54) is 17.4 Å². The van der Waals surface area contributed by atoms with Crippen LogP contribution in [0.5, 0.6) is 0 Å². The Morgan fingerprint density at radius 1 is 1.05 bits per heavy atom. The Bertz CT molecular complexity index is 738. The smallest absolute Gasteiger partial charge is 0.175 e. The van der Waals surface area contributed by atoms with Crippen molar-refractivity contribution in [1.82, 2.24) is 5.32 Å². The molecule has 0 saturated heterocycles. The first-order chi connectivity index (χ1) is 10.4. The SMILES string of the molecule is CCc1c(N)cccc1CNCc1ccc(S(C)(=O)=O)cc1. The summed E-state index contributed by atoms with van der Waals surface area (Å²) >= 11 is 0. The Morgan fingerprint density at radius 2 is 1.73 bits per heavy atom. The minimum atomic E-state index is -3.13. The Morgan fingerprint density at radius 3 is 2.32 bits per heavy atom. The summed E-state index contributed by atoms with van der Waals surface area (Å²) in [5.74, 6) is 0. The molecule has 0 spiro atoms. The van der Waals surface area contributed by atoms with Crippen LogP contribution in [0, 0.1) is 0 Å². The van der Waals surface area contributed by atoms with E-state index >= 15 is 0 Å².